The number of halogens is 3. The number of carbonyl (C=O) groups excluding carboxylic acids is 1. The van der Waals surface area contributed by atoms with E-state index in [-0.39, 0.29) is 23.1 Å². The lowest BCUT2D eigenvalue weighted by molar-refractivity contribution is -0.274. The molecule has 5 rings (SSSR count). The van der Waals surface area contributed by atoms with E-state index < -0.39 is 12.1 Å². The Morgan fingerprint density at radius 2 is 1.89 bits per heavy atom. The lowest BCUT2D eigenvalue weighted by atomic mass is 9.90. The van der Waals surface area contributed by atoms with Gasteiger partial charge in [-0.05, 0) is 43.7 Å². The minimum absolute atomic E-state index is 0.0496. The topological polar surface area (TPSA) is 106 Å². The van der Waals surface area contributed by atoms with Gasteiger partial charge in [-0.3, -0.25) is 4.79 Å². The fraction of sp³-hybridized carbons (Fsp3) is 0.458. The van der Waals surface area contributed by atoms with Crippen molar-refractivity contribution in [1.82, 2.24) is 19.9 Å². The van der Waals surface area contributed by atoms with Gasteiger partial charge in [0.05, 0.1) is 17.5 Å². The molecule has 0 spiro atoms. The molecule has 35 heavy (non-hydrogen) atoms. The number of likely N-dealkylation sites (tertiary alicyclic amines) is 1. The van der Waals surface area contributed by atoms with Gasteiger partial charge in [-0.1, -0.05) is 0 Å². The number of carbonyl (C=O) groups is 1. The summed E-state index contributed by atoms with van der Waals surface area (Å²) in [5.41, 5.74) is 9.70. The first kappa shape index (κ1) is 23.4. The Labute approximate surface area is 199 Å². The van der Waals surface area contributed by atoms with E-state index in [1.54, 1.807) is 4.90 Å². The van der Waals surface area contributed by atoms with Crippen LogP contribution in [0.1, 0.15) is 59.1 Å². The maximum Gasteiger partial charge on any atom is 0.573 e. The summed E-state index contributed by atoms with van der Waals surface area (Å²) >= 11 is 0. The molecular weight excluding hydrogens is 463 g/mol. The number of nitrogens with two attached hydrogens (primary N) is 1. The molecule has 2 aliphatic heterocycles. The van der Waals surface area contributed by atoms with E-state index in [1.807, 2.05) is 12.4 Å². The third-order valence-electron chi connectivity index (χ3n) is 6.78. The van der Waals surface area contributed by atoms with Gasteiger partial charge in [-0.15, -0.1) is 13.2 Å². The Hall–Kier alpha value is -3.34. The Morgan fingerprint density at radius 1 is 1.14 bits per heavy atom. The number of nitrogens with zero attached hydrogens (tertiary/aromatic N) is 3. The first-order valence-corrected chi connectivity index (χ1v) is 11.6. The zero-order chi connectivity index (χ0) is 24.6. The smallest absolute Gasteiger partial charge is 0.406 e. The molecule has 4 heterocycles. The van der Waals surface area contributed by atoms with Gasteiger partial charge >= 0.3 is 6.36 Å². The molecule has 3 N–H and O–H groups in total. The highest BCUT2D eigenvalue weighted by Gasteiger charge is 2.32. The van der Waals surface area contributed by atoms with Gasteiger partial charge in [0, 0.05) is 55.7 Å². The van der Waals surface area contributed by atoms with E-state index in [9.17, 15) is 18.0 Å². The van der Waals surface area contributed by atoms with Crippen molar-refractivity contribution < 1.29 is 27.4 Å². The summed E-state index contributed by atoms with van der Waals surface area (Å²) in [5, 5.41) is 0. The molecule has 0 atom stereocenters. The third kappa shape index (κ3) is 5.04. The summed E-state index contributed by atoms with van der Waals surface area (Å²) in [6, 6.07) is 3.40. The first-order chi connectivity index (χ1) is 16.8. The fourth-order valence-electron chi connectivity index (χ4n) is 4.92. The maximum absolute atomic E-state index is 13.0. The Balaban J connectivity index is 1.27. The summed E-state index contributed by atoms with van der Waals surface area (Å²) in [7, 11) is 0. The molecule has 8 nitrogen and oxygen atoms in total. The molecule has 2 aliphatic rings. The zero-order valence-electron chi connectivity index (χ0n) is 19.0. The van der Waals surface area contributed by atoms with Gasteiger partial charge in [0.2, 0.25) is 0 Å². The van der Waals surface area contributed by atoms with Gasteiger partial charge < -0.3 is 25.1 Å². The number of hydrogen-bond donors (Lipinski definition) is 2. The quantitative estimate of drug-likeness (QED) is 0.528. The van der Waals surface area contributed by atoms with E-state index in [0.717, 1.165) is 73.5 Å². The molecule has 0 unspecified atom stereocenters. The molecule has 186 valence electrons. The van der Waals surface area contributed by atoms with Crippen molar-refractivity contribution in [3.63, 3.8) is 0 Å². The highest BCUT2D eigenvalue weighted by atomic mass is 19.4. The number of nitrogens with one attached hydrogen (secondary N) is 1. The van der Waals surface area contributed by atoms with Crippen LogP contribution in [-0.2, 0) is 4.74 Å². The van der Waals surface area contributed by atoms with Crippen LogP contribution >= 0.6 is 0 Å². The van der Waals surface area contributed by atoms with Crippen LogP contribution in [0.25, 0.3) is 11.2 Å². The number of piperidine rings is 1. The summed E-state index contributed by atoms with van der Waals surface area (Å²) < 4.78 is 46.6. The van der Waals surface area contributed by atoms with E-state index in [2.05, 4.69) is 14.7 Å². The van der Waals surface area contributed by atoms with E-state index in [0.29, 0.717) is 19.0 Å². The zero-order valence-corrected chi connectivity index (χ0v) is 19.0. The minimum atomic E-state index is -4.82. The average Bonchev–Trinajstić information content (AvgIpc) is 3.27. The van der Waals surface area contributed by atoms with Gasteiger partial charge in [-0.2, -0.15) is 0 Å². The molecule has 0 saturated carbocycles. The van der Waals surface area contributed by atoms with Gasteiger partial charge in [0.25, 0.3) is 5.91 Å². The Morgan fingerprint density at radius 3 is 2.57 bits per heavy atom. The lowest BCUT2D eigenvalue weighted by Gasteiger charge is -2.32. The predicted molar refractivity (Wildman–Crippen MR) is 122 cm³/mol. The second-order valence-electron chi connectivity index (χ2n) is 8.99. The van der Waals surface area contributed by atoms with Crippen LogP contribution in [0.4, 0.5) is 18.9 Å². The summed E-state index contributed by atoms with van der Waals surface area (Å²) in [6.07, 6.45) is 2.32. The highest BCUT2D eigenvalue weighted by molar-refractivity contribution is 5.99. The number of ether oxygens (including phenoxy) is 2. The average molecular weight is 489 g/mol. The van der Waals surface area contributed by atoms with Crippen molar-refractivity contribution in [1.29, 1.82) is 0 Å². The molecule has 3 aromatic rings. The first-order valence-electron chi connectivity index (χ1n) is 11.6. The third-order valence-corrected chi connectivity index (χ3v) is 6.78. The van der Waals surface area contributed by atoms with Gasteiger partial charge in [-0.25, -0.2) is 9.97 Å². The number of anilines is 1. The second-order valence-corrected chi connectivity index (χ2v) is 8.99. The molecule has 2 aromatic heterocycles. The van der Waals surface area contributed by atoms with E-state index in [4.69, 9.17) is 15.5 Å². The highest BCUT2D eigenvalue weighted by Crippen LogP contribution is 2.34. The normalized spacial score (nSPS) is 18.2. The van der Waals surface area contributed by atoms with Crippen LogP contribution in [0, 0.1) is 0 Å². The van der Waals surface area contributed by atoms with Crippen LogP contribution in [-0.4, -0.2) is 58.4 Å². The number of fused-ring (bicyclic) bond motifs is 1. The number of hydrogen-bond acceptors (Lipinski definition) is 6. The standard InChI is InChI=1S/C24H26F3N5O3/c25-24(26,27)35-16-1-2-17(19(28)11-16)23(33)32-7-3-14(4-8-32)18-12-29-22-21(18)31-20(13-30-22)15-5-9-34-10-6-15/h1-2,11-15H,3-10,28H2,(H,29,30). The van der Waals surface area contributed by atoms with Crippen molar-refractivity contribution in [2.24, 2.45) is 0 Å². The molecule has 0 radical (unpaired) electrons. The SMILES string of the molecule is Nc1cc(OC(F)(F)F)ccc1C(=O)N1CCC(c2c[nH]c3ncc(C4CCOCC4)nc23)CC1. The predicted octanol–water partition coefficient (Wildman–Crippen LogP) is 4.35. The molecule has 2 saturated heterocycles. The molecule has 1 amide bonds. The van der Waals surface area contributed by atoms with Crippen LogP contribution < -0.4 is 10.5 Å². The van der Waals surface area contributed by atoms with Crippen LogP contribution in [0.15, 0.2) is 30.6 Å². The minimum Gasteiger partial charge on any atom is -0.406 e. The summed E-state index contributed by atoms with van der Waals surface area (Å²) in [6.45, 7) is 2.48. The van der Waals surface area contributed by atoms with Crippen molar-refractivity contribution in [3.8, 4) is 5.75 Å². The monoisotopic (exact) mass is 489 g/mol. The van der Waals surface area contributed by atoms with Crippen LogP contribution in [0.3, 0.4) is 0 Å². The summed E-state index contributed by atoms with van der Waals surface area (Å²) in [4.78, 5) is 27.4. The Bertz CT molecular complexity index is 1210. The van der Waals surface area contributed by atoms with Crippen LogP contribution in [0.2, 0.25) is 0 Å². The van der Waals surface area contributed by atoms with E-state index >= 15 is 0 Å². The summed E-state index contributed by atoms with van der Waals surface area (Å²) in [5.74, 6) is -0.195. The number of H-pyrrole nitrogens is 1. The number of benzene rings is 1. The molecule has 11 heteroatoms. The van der Waals surface area contributed by atoms with E-state index in [1.165, 1.54) is 6.07 Å². The fourth-order valence-corrected chi connectivity index (χ4v) is 4.92. The van der Waals surface area contributed by atoms with Crippen molar-refractivity contribution in [3.05, 3.63) is 47.4 Å². The van der Waals surface area contributed by atoms with Crippen molar-refractivity contribution in [2.45, 2.75) is 43.9 Å². The number of aromatic amines is 1. The Kier molecular flexibility index (Phi) is 6.26. The molecule has 0 bridgehead atoms. The maximum atomic E-state index is 13.0. The van der Waals surface area contributed by atoms with Crippen LogP contribution in [0.5, 0.6) is 5.75 Å². The largest absolute Gasteiger partial charge is 0.573 e. The van der Waals surface area contributed by atoms with Crippen molar-refractivity contribution >= 4 is 22.8 Å². The second kappa shape index (κ2) is 9.37. The molecular formula is C24H26F3N5O3. The number of nitrogen functional groups attached to an aromatic ring is 1. The van der Waals surface area contributed by atoms with Gasteiger partial charge in [0.1, 0.15) is 11.3 Å². The van der Waals surface area contributed by atoms with Crippen molar-refractivity contribution in [2.75, 3.05) is 32.0 Å². The lowest BCUT2D eigenvalue weighted by Crippen LogP contribution is -2.38. The number of aromatic nitrogens is 3. The number of alkyl halides is 3. The molecule has 2 fully saturated rings. The molecule has 1 aromatic carbocycles. The van der Waals surface area contributed by atoms with Gasteiger partial charge in [0.15, 0.2) is 5.65 Å². The number of rotatable bonds is 4. The molecule has 0 aliphatic carbocycles. The number of amides is 1.